The molecule has 0 aliphatic heterocycles. The molecule has 1 nitrogen and oxygen atoms in total. The highest BCUT2D eigenvalue weighted by atomic mass is 79.9. The highest BCUT2D eigenvalue weighted by Gasteiger charge is 2.43. The van der Waals surface area contributed by atoms with Crippen LogP contribution in [0.5, 0.6) is 0 Å². The maximum absolute atomic E-state index is 11.0. The predicted octanol–water partition coefficient (Wildman–Crippen LogP) is 3.20. The summed E-state index contributed by atoms with van der Waals surface area (Å²) in [6, 6.07) is 2.05. The van der Waals surface area contributed by atoms with Crippen LogP contribution in [0.3, 0.4) is 0 Å². The van der Waals surface area contributed by atoms with Gasteiger partial charge in [0, 0.05) is 21.2 Å². The Hall–Kier alpha value is -0.150. The molecule has 1 aromatic rings. The van der Waals surface area contributed by atoms with Crippen LogP contribution in [0, 0.1) is 5.92 Å². The first-order chi connectivity index (χ1) is 5.70. The second kappa shape index (κ2) is 2.96. The number of halogens is 1. The van der Waals surface area contributed by atoms with E-state index in [1.807, 2.05) is 0 Å². The molecule has 0 aromatic carbocycles. The number of Topliss-reactive ketones (excluding diaryl/α,β-unsaturated/α-hetero) is 1. The Morgan fingerprint density at radius 1 is 1.75 bits per heavy atom. The van der Waals surface area contributed by atoms with Crippen molar-refractivity contribution in [1.82, 2.24) is 0 Å². The minimum atomic E-state index is 0.306. The molecule has 1 aliphatic rings. The molecule has 0 spiro atoms. The third-order valence-corrected chi connectivity index (χ3v) is 4.30. The van der Waals surface area contributed by atoms with Crippen molar-refractivity contribution in [1.29, 1.82) is 0 Å². The first kappa shape index (κ1) is 8.45. The first-order valence-electron chi connectivity index (χ1n) is 3.93. The Labute approximate surface area is 83.9 Å². The molecule has 2 rings (SSSR count). The number of ketones is 1. The predicted molar refractivity (Wildman–Crippen MR) is 53.5 cm³/mol. The van der Waals surface area contributed by atoms with Gasteiger partial charge >= 0.3 is 0 Å². The monoisotopic (exact) mass is 244 g/mol. The number of hydrogen-bond donors (Lipinski definition) is 0. The summed E-state index contributed by atoms with van der Waals surface area (Å²) < 4.78 is 1.17. The summed E-state index contributed by atoms with van der Waals surface area (Å²) >= 11 is 5.22. The van der Waals surface area contributed by atoms with Gasteiger partial charge in [-0.1, -0.05) is 0 Å². The molecule has 1 saturated carbocycles. The topological polar surface area (TPSA) is 17.1 Å². The fraction of sp³-hybridized carbons (Fsp3) is 0.444. The van der Waals surface area contributed by atoms with Crippen molar-refractivity contribution < 1.29 is 4.79 Å². The van der Waals surface area contributed by atoms with Crippen LogP contribution in [0.15, 0.2) is 15.9 Å². The van der Waals surface area contributed by atoms with Gasteiger partial charge in [0.15, 0.2) is 0 Å². The Kier molecular flexibility index (Phi) is 2.09. The lowest BCUT2D eigenvalue weighted by atomic mass is 10.2. The molecular formula is C9H9BrOS. The van der Waals surface area contributed by atoms with Crippen LogP contribution in [0.25, 0.3) is 0 Å². The lowest BCUT2D eigenvalue weighted by Crippen LogP contribution is -1.93. The molecule has 3 heteroatoms. The second-order valence-electron chi connectivity index (χ2n) is 3.19. The molecule has 64 valence electrons. The Morgan fingerprint density at radius 3 is 2.92 bits per heavy atom. The van der Waals surface area contributed by atoms with E-state index in [0.29, 0.717) is 17.6 Å². The maximum atomic E-state index is 11.0. The van der Waals surface area contributed by atoms with Crippen LogP contribution in [0.1, 0.15) is 24.1 Å². The van der Waals surface area contributed by atoms with Gasteiger partial charge in [-0.05, 0) is 40.7 Å². The molecule has 2 unspecified atom stereocenters. The molecule has 0 amide bonds. The van der Waals surface area contributed by atoms with Crippen LogP contribution in [-0.4, -0.2) is 5.78 Å². The van der Waals surface area contributed by atoms with Crippen molar-refractivity contribution >= 4 is 33.0 Å². The minimum Gasteiger partial charge on any atom is -0.300 e. The lowest BCUT2D eigenvalue weighted by molar-refractivity contribution is -0.118. The van der Waals surface area contributed by atoms with Gasteiger partial charge in [0.2, 0.25) is 0 Å². The number of carbonyl (C=O) groups excluding carboxylic acids is 1. The van der Waals surface area contributed by atoms with Crippen molar-refractivity contribution in [3.63, 3.8) is 0 Å². The van der Waals surface area contributed by atoms with Crippen LogP contribution in [-0.2, 0) is 4.79 Å². The van der Waals surface area contributed by atoms with Gasteiger partial charge in [-0.25, -0.2) is 0 Å². The van der Waals surface area contributed by atoms with Crippen molar-refractivity contribution in [2.24, 2.45) is 5.92 Å². The van der Waals surface area contributed by atoms with Crippen molar-refractivity contribution in [3.8, 4) is 0 Å². The zero-order valence-corrected chi connectivity index (χ0v) is 9.11. The molecule has 1 fully saturated rings. The zero-order valence-electron chi connectivity index (χ0n) is 6.71. The van der Waals surface area contributed by atoms with E-state index >= 15 is 0 Å². The Balaban J connectivity index is 2.15. The molecule has 0 radical (unpaired) electrons. The van der Waals surface area contributed by atoms with Crippen molar-refractivity contribution in [3.05, 3.63) is 20.8 Å². The Bertz CT molecular complexity index is 318. The second-order valence-corrected chi connectivity index (χ2v) is 4.99. The third-order valence-electron chi connectivity index (χ3n) is 2.29. The number of carbonyl (C=O) groups is 1. The van der Waals surface area contributed by atoms with Crippen molar-refractivity contribution in [2.45, 2.75) is 19.3 Å². The van der Waals surface area contributed by atoms with Gasteiger partial charge in [0.1, 0.15) is 5.78 Å². The van der Waals surface area contributed by atoms with Gasteiger partial charge in [-0.3, -0.25) is 4.79 Å². The quantitative estimate of drug-likeness (QED) is 0.781. The van der Waals surface area contributed by atoms with Crippen molar-refractivity contribution in [2.75, 3.05) is 0 Å². The summed E-state index contributed by atoms with van der Waals surface area (Å²) in [5.41, 5.74) is 0. The molecule has 1 aliphatic carbocycles. The molecule has 2 atom stereocenters. The summed E-state index contributed by atoms with van der Waals surface area (Å²) in [6.45, 7) is 1.69. The summed E-state index contributed by atoms with van der Waals surface area (Å²) in [5, 5.41) is 2.06. The normalized spacial score (nSPS) is 27.2. The highest BCUT2D eigenvalue weighted by Crippen LogP contribution is 2.51. The number of hydrogen-bond acceptors (Lipinski definition) is 2. The standard InChI is InChI=1S/C9H9BrOS/c1-5(11)6-4-7(6)9-8(10)2-3-12-9/h2-3,6-7H,4H2,1H3. The molecule has 0 N–H and O–H groups in total. The fourth-order valence-electron chi connectivity index (χ4n) is 1.50. The van der Waals surface area contributed by atoms with E-state index in [0.717, 1.165) is 6.42 Å². The first-order valence-corrected chi connectivity index (χ1v) is 5.60. The summed E-state index contributed by atoms with van der Waals surface area (Å²) in [5.74, 6) is 1.15. The van der Waals surface area contributed by atoms with E-state index in [2.05, 4.69) is 27.4 Å². The van der Waals surface area contributed by atoms with Gasteiger partial charge < -0.3 is 0 Å². The summed E-state index contributed by atoms with van der Waals surface area (Å²) in [6.07, 6.45) is 1.05. The fourth-order valence-corrected chi connectivity index (χ4v) is 3.35. The minimum absolute atomic E-state index is 0.306. The van der Waals surface area contributed by atoms with E-state index in [1.165, 1.54) is 9.35 Å². The van der Waals surface area contributed by atoms with E-state index in [-0.39, 0.29) is 0 Å². The highest BCUT2D eigenvalue weighted by molar-refractivity contribution is 9.10. The van der Waals surface area contributed by atoms with Crippen LogP contribution >= 0.6 is 27.3 Å². The van der Waals surface area contributed by atoms with Crippen LogP contribution < -0.4 is 0 Å². The lowest BCUT2D eigenvalue weighted by Gasteiger charge is -1.93. The van der Waals surface area contributed by atoms with E-state index in [4.69, 9.17) is 0 Å². The van der Waals surface area contributed by atoms with Gasteiger partial charge in [-0.15, -0.1) is 11.3 Å². The maximum Gasteiger partial charge on any atom is 0.133 e. The zero-order chi connectivity index (χ0) is 8.72. The SMILES string of the molecule is CC(=O)C1CC1c1sccc1Br. The van der Waals surface area contributed by atoms with Gasteiger partial charge in [0.25, 0.3) is 0 Å². The number of rotatable bonds is 2. The summed E-state index contributed by atoms with van der Waals surface area (Å²) in [7, 11) is 0. The molecule has 0 saturated heterocycles. The largest absolute Gasteiger partial charge is 0.300 e. The molecular weight excluding hydrogens is 236 g/mol. The molecule has 1 heterocycles. The van der Waals surface area contributed by atoms with Gasteiger partial charge in [0.05, 0.1) is 0 Å². The van der Waals surface area contributed by atoms with E-state index in [9.17, 15) is 4.79 Å². The molecule has 12 heavy (non-hydrogen) atoms. The van der Waals surface area contributed by atoms with E-state index in [1.54, 1.807) is 18.3 Å². The average Bonchev–Trinajstić information content (AvgIpc) is 2.70. The van der Waals surface area contributed by atoms with Gasteiger partial charge in [-0.2, -0.15) is 0 Å². The summed E-state index contributed by atoms with van der Waals surface area (Å²) in [4.78, 5) is 12.4. The average molecular weight is 245 g/mol. The van der Waals surface area contributed by atoms with Crippen LogP contribution in [0.4, 0.5) is 0 Å². The molecule has 0 bridgehead atoms. The van der Waals surface area contributed by atoms with E-state index < -0.39 is 0 Å². The van der Waals surface area contributed by atoms with Crippen LogP contribution in [0.2, 0.25) is 0 Å². The Morgan fingerprint density at radius 2 is 2.50 bits per heavy atom. The third kappa shape index (κ3) is 1.36. The molecule has 1 aromatic heterocycles. The smallest absolute Gasteiger partial charge is 0.133 e. The number of thiophene rings is 1.